The minimum absolute atomic E-state index is 0. The van der Waals surface area contributed by atoms with Crippen molar-refractivity contribution in [2.24, 2.45) is 0 Å². The molecular weight excluding hydrogens is 414 g/mol. The Balaban J connectivity index is 0.00000280. The van der Waals surface area contributed by atoms with Gasteiger partial charge in [-0.15, -0.1) is 0 Å². The van der Waals surface area contributed by atoms with Crippen LogP contribution in [-0.4, -0.2) is 25.9 Å². The molecule has 0 radical (unpaired) electrons. The molecule has 0 unspecified atom stereocenters. The molecule has 0 bridgehead atoms. The largest absolute Gasteiger partial charge is 1.00 e. The molecule has 28 heavy (non-hydrogen) atoms. The molecule has 0 N–H and O–H groups in total. The number of benzene rings is 3. The Morgan fingerprint density at radius 1 is 0.571 bits per heavy atom. The Labute approximate surface area is 177 Å². The molecule has 0 aromatic heterocycles. The van der Waals surface area contributed by atoms with Crippen LogP contribution in [0.3, 0.4) is 0 Å². The van der Waals surface area contributed by atoms with Gasteiger partial charge in [-0.1, -0.05) is 66.7 Å². The van der Waals surface area contributed by atoms with Crippen LogP contribution in [0.4, 0.5) is 0 Å². The summed E-state index contributed by atoms with van der Waals surface area (Å²) in [5.74, 6) is 0. The van der Waals surface area contributed by atoms with Gasteiger partial charge in [0.25, 0.3) is 0 Å². The van der Waals surface area contributed by atoms with E-state index in [0.29, 0.717) is 5.30 Å². The van der Waals surface area contributed by atoms with Crippen LogP contribution in [0.1, 0.15) is 0 Å². The van der Waals surface area contributed by atoms with Crippen molar-refractivity contribution in [2.75, 3.05) is 0 Å². The van der Waals surface area contributed by atoms with E-state index in [1.807, 2.05) is 0 Å². The maximum Gasteiger partial charge on any atom is 1.00 e. The second-order valence-electron chi connectivity index (χ2n) is 5.51. The summed E-state index contributed by atoms with van der Waals surface area (Å²) in [5.41, 5.74) is 0. The average Bonchev–Trinajstić information content (AvgIpc) is 2.62. The first-order valence-corrected chi connectivity index (χ1v) is 11.8. The first kappa shape index (κ1) is 22.8. The molecule has 10 heteroatoms. The molecule has 0 atom stereocenters. The monoisotopic (exact) mass is 427 g/mol. The van der Waals surface area contributed by atoms with Gasteiger partial charge < -0.3 is 9.11 Å². The Kier molecular flexibility index (Phi) is 7.24. The molecule has 3 aromatic rings. The molecule has 3 rings (SSSR count). The number of hydrogen-bond donors (Lipinski definition) is 0. The molecule has 0 fully saturated rings. The van der Waals surface area contributed by atoms with Crippen molar-refractivity contribution in [3.8, 4) is 0 Å². The fourth-order valence-corrected chi connectivity index (χ4v) is 7.40. The van der Waals surface area contributed by atoms with Crippen molar-refractivity contribution in [1.82, 2.24) is 0 Å². The van der Waals surface area contributed by atoms with E-state index in [1.165, 1.54) is 36.4 Å². The number of hydrogen-bond acceptors (Lipinski definition) is 6. The van der Waals surface area contributed by atoms with Crippen LogP contribution in [0.25, 0.3) is 0 Å². The van der Waals surface area contributed by atoms with E-state index in [1.54, 1.807) is 42.5 Å². The molecule has 0 spiro atoms. The first-order valence-electron chi connectivity index (χ1n) is 7.64. The molecule has 0 aliphatic heterocycles. The van der Waals surface area contributed by atoms with Crippen LogP contribution in [0.5, 0.6) is 0 Å². The molecule has 0 saturated carbocycles. The molecule has 0 saturated heterocycles. The van der Waals surface area contributed by atoms with Crippen LogP contribution >= 0.6 is 7.92 Å². The van der Waals surface area contributed by atoms with Crippen LogP contribution in [0, 0.1) is 0 Å². The number of rotatable bonds is 5. The Morgan fingerprint density at radius 2 is 0.929 bits per heavy atom. The maximum atomic E-state index is 11.8. The predicted octanol–water partition coefficient (Wildman–Crippen LogP) is -1.74. The summed E-state index contributed by atoms with van der Waals surface area (Å²) < 4.78 is 70.7. The summed E-state index contributed by atoms with van der Waals surface area (Å²) in [5, 5.41) is 0.953. The van der Waals surface area contributed by atoms with Gasteiger partial charge in [0.1, 0.15) is 20.2 Å². The van der Waals surface area contributed by atoms with Gasteiger partial charge in [0.15, 0.2) is 0 Å². The van der Waals surface area contributed by atoms with Crippen molar-refractivity contribution in [3.63, 3.8) is 0 Å². The van der Waals surface area contributed by atoms with E-state index in [9.17, 15) is 25.9 Å². The zero-order valence-electron chi connectivity index (χ0n) is 14.7. The third kappa shape index (κ3) is 4.91. The van der Waals surface area contributed by atoms with E-state index in [-0.39, 0.29) is 29.5 Å². The predicted molar refractivity (Wildman–Crippen MR) is 101 cm³/mol. The van der Waals surface area contributed by atoms with Crippen LogP contribution in [-0.2, 0) is 20.2 Å². The van der Waals surface area contributed by atoms with Crippen LogP contribution in [0.2, 0.25) is 0 Å². The molecule has 0 amide bonds. The first-order chi connectivity index (χ1) is 12.7. The van der Waals surface area contributed by atoms with Gasteiger partial charge in [0, 0.05) is 10.6 Å². The maximum absolute atomic E-state index is 11.8. The molecule has 6 nitrogen and oxygen atoms in total. The minimum Gasteiger partial charge on any atom is -0.744 e. The van der Waals surface area contributed by atoms with E-state index in [0.717, 1.165) is 0 Å². The smallest absolute Gasteiger partial charge is 0.744 e. The van der Waals surface area contributed by atoms with Gasteiger partial charge in [0.2, 0.25) is 0 Å². The quantitative estimate of drug-likeness (QED) is 0.271. The van der Waals surface area contributed by atoms with Crippen molar-refractivity contribution in [1.29, 1.82) is 0 Å². The van der Waals surface area contributed by atoms with Gasteiger partial charge >= 0.3 is 18.9 Å². The Hall–Kier alpha value is -1.49. The molecule has 0 heterocycles. The van der Waals surface area contributed by atoms with Crippen LogP contribution < -0.4 is 34.8 Å². The fourth-order valence-electron chi connectivity index (χ4n) is 2.69. The van der Waals surface area contributed by atoms with Crippen molar-refractivity contribution in [2.45, 2.75) is 9.79 Å². The van der Waals surface area contributed by atoms with E-state index >= 15 is 0 Å². The summed E-state index contributed by atoms with van der Waals surface area (Å²) in [6.45, 7) is 0. The van der Waals surface area contributed by atoms with Gasteiger partial charge in [-0.3, -0.25) is 0 Å². The summed E-state index contributed by atoms with van der Waals surface area (Å²) in [6.07, 6.45) is 0. The van der Waals surface area contributed by atoms with Crippen molar-refractivity contribution >= 4 is 44.1 Å². The topological polar surface area (TPSA) is 114 Å². The van der Waals surface area contributed by atoms with E-state index in [2.05, 4.69) is 0 Å². The van der Waals surface area contributed by atoms with Gasteiger partial charge in [0.05, 0.1) is 9.79 Å². The third-order valence-corrected chi connectivity index (χ3v) is 8.42. The third-order valence-electron chi connectivity index (χ3n) is 3.77. The van der Waals surface area contributed by atoms with Crippen molar-refractivity contribution < 1.29 is 44.8 Å². The molecule has 0 aliphatic carbocycles. The molecular formula is C18H13LiO6PS2-. The molecule has 0 aliphatic rings. The summed E-state index contributed by atoms with van der Waals surface area (Å²) >= 11 is 0. The Bertz CT molecular complexity index is 1110. The van der Waals surface area contributed by atoms with Gasteiger partial charge in [-0.05, 0) is 25.4 Å². The molecule has 140 valence electrons. The van der Waals surface area contributed by atoms with E-state index in [4.69, 9.17) is 0 Å². The SMILES string of the molecule is O=S(=O)([O-])c1ccccc1P(c1ccccc1)c1ccccc1S(=O)(=O)[O-].[Li+]. The minimum atomic E-state index is -4.80. The normalized spacial score (nSPS) is 11.8. The van der Waals surface area contributed by atoms with Crippen molar-refractivity contribution in [3.05, 3.63) is 78.9 Å². The average molecular weight is 427 g/mol. The fraction of sp³-hybridized carbons (Fsp3) is 0. The zero-order chi connectivity index (χ0) is 19.7. The standard InChI is InChI=1S/C18H15O6PS2.Li/c19-26(20,21)17-12-6-4-10-15(17)25(14-8-2-1-3-9-14)16-11-5-7-13-18(16)27(22,23)24;/h1-13H,(H,19,20,21)(H,22,23,24);/q;+1/p-2. The zero-order valence-corrected chi connectivity index (χ0v) is 17.2. The molecule has 3 aromatic carbocycles. The second kappa shape index (κ2) is 8.89. The Morgan fingerprint density at radius 3 is 1.32 bits per heavy atom. The van der Waals surface area contributed by atoms with Crippen LogP contribution in [0.15, 0.2) is 88.7 Å². The van der Waals surface area contributed by atoms with Gasteiger partial charge in [-0.2, -0.15) is 0 Å². The second-order valence-corrected chi connectivity index (χ2v) is 10.4. The summed E-state index contributed by atoms with van der Waals surface area (Å²) in [6, 6.07) is 19.9. The summed E-state index contributed by atoms with van der Waals surface area (Å²) in [4.78, 5) is -0.865. The summed E-state index contributed by atoms with van der Waals surface area (Å²) in [7, 11) is -11.4. The van der Waals surface area contributed by atoms with E-state index < -0.39 is 37.9 Å². The van der Waals surface area contributed by atoms with Gasteiger partial charge in [-0.25, -0.2) is 16.8 Å².